The van der Waals surface area contributed by atoms with Gasteiger partial charge in [-0.2, -0.15) is 0 Å². The molecule has 1 unspecified atom stereocenters. The number of nitrogens with one attached hydrogen (secondary N) is 1. The zero-order valence-electron chi connectivity index (χ0n) is 38.0. The molecule has 1 heterocycles. The van der Waals surface area contributed by atoms with Crippen molar-refractivity contribution in [2.75, 3.05) is 6.61 Å². The highest BCUT2D eigenvalue weighted by Gasteiger charge is 2.78. The van der Waals surface area contributed by atoms with Crippen LogP contribution in [0.4, 0.5) is 0 Å². The van der Waals surface area contributed by atoms with E-state index >= 15 is 4.79 Å². The fourth-order valence-corrected chi connectivity index (χ4v) is 9.70. The van der Waals surface area contributed by atoms with Gasteiger partial charge in [0.1, 0.15) is 30.0 Å². The summed E-state index contributed by atoms with van der Waals surface area (Å²) in [6.45, 7) is 6.55. The highest BCUT2D eigenvalue weighted by atomic mass is 16.6. The monoisotopic (exact) mass is 816 g/mol. The lowest BCUT2D eigenvalue weighted by atomic mass is 9.44. The van der Waals surface area contributed by atoms with Crippen molar-refractivity contribution in [3.05, 3.63) is 119 Å². The predicted molar refractivity (Wildman–Crippen MR) is 208 cm³/mol. The minimum Gasteiger partial charge on any atom is -0.456 e. The van der Waals surface area contributed by atoms with Gasteiger partial charge in [0.25, 0.3) is 5.91 Å². The molecule has 1 aliphatic heterocycles. The maximum Gasteiger partial charge on any atom is 0.338 e. The van der Waals surface area contributed by atoms with Crippen LogP contribution in [-0.2, 0) is 33.3 Å². The summed E-state index contributed by atoms with van der Waals surface area (Å²) in [5.74, 6) is -6.98. The average molecular weight is 817 g/mol. The topological polar surface area (TPSA) is 215 Å². The van der Waals surface area contributed by atoms with Crippen LogP contribution >= 0.6 is 0 Å². The second kappa shape index (κ2) is 15.4. The highest BCUT2D eigenvalue weighted by molar-refractivity contribution is 5.95. The molecule has 7 rings (SSSR count). The van der Waals surface area contributed by atoms with Crippen LogP contribution in [0.2, 0.25) is 0 Å². The molecule has 59 heavy (non-hydrogen) atoms. The summed E-state index contributed by atoms with van der Waals surface area (Å²) in [5, 5.41) is 51.8. The standard InChI is InChI=1S/C45H49NO13/c1-24-29(57-41(54)35(50)33(26-15-9-6-10-16-26)46-39(52)27-17-11-7-12-18-27)22-45(55)38(58-40(53)28-19-13-8-14-20-28)36-43(5,37(51)34(49)32(24)42(45,3)4)30(48)21-31-44(36,23-56-31)59-25(2)47/h6-20,29-31,33-36,38,48-50,55H,21-23H2,1-5H3,(H,46,52)/t29-,30-,31+,33-,34+,35+,36?,38-,43+,44-,45+/m1/s1/i7D,11D,12D,17D,18D. The molecule has 312 valence electrons. The highest BCUT2D eigenvalue weighted by Crippen LogP contribution is 2.64. The molecular weight excluding hydrogens is 762 g/mol. The van der Waals surface area contributed by atoms with E-state index in [4.69, 9.17) is 25.8 Å². The van der Waals surface area contributed by atoms with E-state index in [1.165, 1.54) is 64.1 Å². The minimum atomic E-state index is -2.45. The summed E-state index contributed by atoms with van der Waals surface area (Å²) in [6.07, 6.45) is -11.3. The zero-order valence-corrected chi connectivity index (χ0v) is 33.0. The third kappa shape index (κ3) is 6.76. The molecule has 3 fully saturated rings. The van der Waals surface area contributed by atoms with E-state index in [9.17, 15) is 39.6 Å². The third-order valence-electron chi connectivity index (χ3n) is 12.9. The second-order valence-electron chi connectivity index (χ2n) is 16.4. The van der Waals surface area contributed by atoms with Crippen molar-refractivity contribution in [3.8, 4) is 0 Å². The van der Waals surface area contributed by atoms with Gasteiger partial charge >= 0.3 is 17.9 Å². The lowest BCUT2D eigenvalue weighted by Crippen LogP contribution is -2.81. The van der Waals surface area contributed by atoms with Crippen molar-refractivity contribution in [1.29, 1.82) is 0 Å². The molecule has 2 bridgehead atoms. The van der Waals surface area contributed by atoms with Crippen LogP contribution in [-0.4, -0.2) is 104 Å². The van der Waals surface area contributed by atoms with Crippen LogP contribution in [0.15, 0.2) is 102 Å². The largest absolute Gasteiger partial charge is 0.456 e. The van der Waals surface area contributed by atoms with E-state index in [1.807, 2.05) is 0 Å². The molecule has 0 radical (unpaired) electrons. The first-order valence-corrected chi connectivity index (χ1v) is 19.2. The molecular formula is C45H49NO13. The molecule has 0 spiro atoms. The molecule has 11 atom stereocenters. The summed E-state index contributed by atoms with van der Waals surface area (Å²) in [5.41, 5.74) is -8.71. The number of Topliss-reactive ketones (excluding diaryl/α,β-unsaturated/α-hetero) is 1. The number of aliphatic hydroxyl groups is 4. The van der Waals surface area contributed by atoms with Gasteiger partial charge in [-0.25, -0.2) is 9.59 Å². The number of esters is 3. The number of ketones is 1. The van der Waals surface area contributed by atoms with E-state index in [2.05, 4.69) is 5.32 Å². The Morgan fingerprint density at radius 3 is 2.15 bits per heavy atom. The van der Waals surface area contributed by atoms with Crippen molar-refractivity contribution < 1.29 is 70.2 Å². The zero-order chi connectivity index (χ0) is 47.0. The predicted octanol–water partition coefficient (Wildman–Crippen LogP) is 3.16. The second-order valence-corrected chi connectivity index (χ2v) is 16.4. The fourth-order valence-electron chi connectivity index (χ4n) is 9.70. The molecule has 2 saturated carbocycles. The number of hydrogen-bond acceptors (Lipinski definition) is 13. The summed E-state index contributed by atoms with van der Waals surface area (Å²) < 4.78 is 64.6. The number of rotatable bonds is 9. The van der Waals surface area contributed by atoms with Gasteiger partial charge in [0.15, 0.2) is 17.5 Å². The number of carbonyl (C=O) groups is 5. The number of benzene rings is 3. The smallest absolute Gasteiger partial charge is 0.338 e. The molecule has 14 nitrogen and oxygen atoms in total. The van der Waals surface area contributed by atoms with Crippen molar-refractivity contribution in [1.82, 2.24) is 5.32 Å². The number of carbonyl (C=O) groups excluding carboxylic acids is 5. The van der Waals surface area contributed by atoms with Crippen molar-refractivity contribution >= 4 is 29.6 Å². The quantitative estimate of drug-likeness (QED) is 0.119. The van der Waals surface area contributed by atoms with Gasteiger partial charge in [-0.3, -0.25) is 14.4 Å². The molecule has 3 aliphatic carbocycles. The number of hydrogen-bond donors (Lipinski definition) is 5. The van der Waals surface area contributed by atoms with E-state index in [0.29, 0.717) is 0 Å². The van der Waals surface area contributed by atoms with Gasteiger partial charge in [0.2, 0.25) is 0 Å². The SMILES string of the molecule is [2H]c1c([2H])c([2H])c(C(=O)N[C@H](c2ccccc2)[C@H](O)C(=O)O[C@@H]2C[C@]3(O)[C@H](OC(=O)c4ccccc4)C4[C@@]5(OC(C)=O)CO[C@H]5C[C@@H](O)[C@]4(C)C(=O)[C@@H](O)C(=C2C)C3(C)C)c([2H])c1[2H]. The average Bonchev–Trinajstić information content (AvgIpc) is 3.25. The molecule has 5 N–H and O–H groups in total. The minimum absolute atomic E-state index is 0.0322. The molecule has 1 saturated heterocycles. The van der Waals surface area contributed by atoms with Gasteiger partial charge in [-0.15, -0.1) is 0 Å². The first-order valence-electron chi connectivity index (χ1n) is 21.7. The summed E-state index contributed by atoms with van der Waals surface area (Å²) in [4.78, 5) is 70.1. The van der Waals surface area contributed by atoms with Gasteiger partial charge in [-0.1, -0.05) is 80.5 Å². The van der Waals surface area contributed by atoms with Crippen molar-refractivity contribution in [3.63, 3.8) is 0 Å². The Morgan fingerprint density at radius 1 is 0.932 bits per heavy atom. The molecule has 1 amide bonds. The first-order chi connectivity index (χ1) is 29.9. The normalized spacial score (nSPS) is 34.2. The first kappa shape index (κ1) is 35.7. The van der Waals surface area contributed by atoms with Crippen LogP contribution in [0.5, 0.6) is 0 Å². The summed E-state index contributed by atoms with van der Waals surface area (Å²) in [7, 11) is 0. The number of aliphatic hydroxyl groups excluding tert-OH is 3. The Labute approximate surface area is 348 Å². The maximum atomic E-state index is 15.0. The molecule has 0 aromatic heterocycles. The van der Waals surface area contributed by atoms with Gasteiger partial charge in [0.05, 0.1) is 42.5 Å². The Kier molecular flexibility index (Phi) is 9.32. The van der Waals surface area contributed by atoms with Crippen molar-refractivity contribution in [2.24, 2.45) is 16.7 Å². The Balaban J connectivity index is 1.34. The molecule has 3 aromatic rings. The lowest BCUT2D eigenvalue weighted by Gasteiger charge is -2.67. The van der Waals surface area contributed by atoms with Gasteiger partial charge in [0, 0.05) is 30.7 Å². The van der Waals surface area contributed by atoms with Crippen LogP contribution in [0.25, 0.3) is 0 Å². The van der Waals surface area contributed by atoms with Crippen LogP contribution in [0.3, 0.4) is 0 Å². The van der Waals surface area contributed by atoms with Crippen LogP contribution < -0.4 is 5.32 Å². The van der Waals surface area contributed by atoms with Crippen LogP contribution in [0.1, 0.15) is 86.6 Å². The number of ether oxygens (including phenoxy) is 4. The van der Waals surface area contributed by atoms with E-state index in [-0.39, 0.29) is 35.3 Å². The molecule has 4 aliphatic rings. The Hall–Kier alpha value is -5.25. The van der Waals surface area contributed by atoms with E-state index in [1.54, 1.807) is 24.3 Å². The molecule has 3 aromatic carbocycles. The van der Waals surface area contributed by atoms with Crippen molar-refractivity contribution in [2.45, 2.75) is 101 Å². The summed E-state index contributed by atoms with van der Waals surface area (Å²) in [6, 6.07) is 9.57. The van der Waals surface area contributed by atoms with Gasteiger partial charge in [-0.05, 0) is 54.8 Å². The fraction of sp³-hybridized carbons (Fsp3) is 0.444. The van der Waals surface area contributed by atoms with E-state index < -0.39 is 142 Å². The van der Waals surface area contributed by atoms with Crippen LogP contribution in [0, 0.1) is 16.7 Å². The Bertz CT molecular complexity index is 2420. The van der Waals surface area contributed by atoms with E-state index in [0.717, 1.165) is 6.92 Å². The third-order valence-corrected chi connectivity index (χ3v) is 12.9. The summed E-state index contributed by atoms with van der Waals surface area (Å²) >= 11 is 0. The number of fused-ring (bicyclic) bond motifs is 5. The lowest BCUT2D eigenvalue weighted by molar-refractivity contribution is -0.346. The Morgan fingerprint density at radius 2 is 1.56 bits per heavy atom. The van der Waals surface area contributed by atoms with Gasteiger partial charge < -0.3 is 44.7 Å². The maximum absolute atomic E-state index is 15.0. The number of amides is 1. The molecule has 14 heteroatoms.